The molecule has 0 aliphatic heterocycles. The van der Waals surface area contributed by atoms with Crippen LogP contribution in [0.1, 0.15) is 13.3 Å². The van der Waals surface area contributed by atoms with Crippen LogP contribution in [-0.4, -0.2) is 21.3 Å². The van der Waals surface area contributed by atoms with Gasteiger partial charge in [-0.05, 0) is 6.07 Å². The second kappa shape index (κ2) is 5.81. The Morgan fingerprint density at radius 3 is 2.50 bits per heavy atom. The number of aromatic amines is 1. The molecule has 1 aromatic heterocycles. The van der Waals surface area contributed by atoms with Gasteiger partial charge < -0.3 is 5.11 Å². The van der Waals surface area contributed by atoms with Crippen LogP contribution >= 0.6 is 0 Å². The predicted molar refractivity (Wildman–Crippen MR) is 36.5 cm³/mol. The molecular weight excluding hydrogens is 132 g/mol. The molecule has 0 spiro atoms. The Bertz CT molecular complexity index is 143. The maximum absolute atomic E-state index is 9.37. The maximum Gasteiger partial charge on any atom is 0.303 e. The van der Waals surface area contributed by atoms with Gasteiger partial charge in [-0.25, -0.2) is 0 Å². The zero-order valence-corrected chi connectivity index (χ0v) is 5.74. The molecule has 0 unspecified atom stereocenters. The lowest BCUT2D eigenvalue weighted by Gasteiger charge is -1.71. The molecule has 56 valence electrons. The summed E-state index contributed by atoms with van der Waals surface area (Å²) >= 11 is 0. The minimum absolute atomic E-state index is 0.222. The largest absolute Gasteiger partial charge is 0.481 e. The third kappa shape index (κ3) is 6.68. The lowest BCUT2D eigenvalue weighted by molar-refractivity contribution is -0.136. The Balaban J connectivity index is 0.000000162. The molecule has 0 radical (unpaired) electrons. The number of nitrogens with zero attached hydrogens (tertiary/aromatic N) is 1. The van der Waals surface area contributed by atoms with Crippen molar-refractivity contribution in [1.29, 1.82) is 0 Å². The first-order valence-electron chi connectivity index (χ1n) is 2.93. The lowest BCUT2D eigenvalue weighted by Crippen LogP contribution is -1.86. The van der Waals surface area contributed by atoms with E-state index >= 15 is 0 Å². The van der Waals surface area contributed by atoms with Crippen molar-refractivity contribution in [3.05, 3.63) is 18.5 Å². The van der Waals surface area contributed by atoms with E-state index in [4.69, 9.17) is 5.11 Å². The molecule has 1 rings (SSSR count). The molecule has 0 atom stereocenters. The quantitative estimate of drug-likeness (QED) is 0.612. The number of hydrogen-bond acceptors (Lipinski definition) is 2. The van der Waals surface area contributed by atoms with Crippen molar-refractivity contribution in [2.45, 2.75) is 13.3 Å². The van der Waals surface area contributed by atoms with Gasteiger partial charge in [-0.2, -0.15) is 5.10 Å². The van der Waals surface area contributed by atoms with Gasteiger partial charge in [-0.3, -0.25) is 9.89 Å². The van der Waals surface area contributed by atoms with E-state index in [2.05, 4.69) is 10.2 Å². The summed E-state index contributed by atoms with van der Waals surface area (Å²) < 4.78 is 0. The SMILES string of the molecule is CCC(=O)O.c1cn[nH]c1. The van der Waals surface area contributed by atoms with E-state index in [0.717, 1.165) is 0 Å². The zero-order valence-electron chi connectivity index (χ0n) is 5.74. The highest BCUT2D eigenvalue weighted by Gasteiger charge is 1.80. The molecule has 4 nitrogen and oxygen atoms in total. The van der Waals surface area contributed by atoms with Crippen LogP contribution in [0.2, 0.25) is 0 Å². The van der Waals surface area contributed by atoms with Crippen LogP contribution < -0.4 is 0 Å². The van der Waals surface area contributed by atoms with Crippen LogP contribution in [-0.2, 0) is 4.79 Å². The van der Waals surface area contributed by atoms with Gasteiger partial charge in [0.1, 0.15) is 0 Å². The van der Waals surface area contributed by atoms with Gasteiger partial charge in [-0.15, -0.1) is 0 Å². The molecule has 0 bridgehead atoms. The van der Waals surface area contributed by atoms with Gasteiger partial charge in [0.2, 0.25) is 0 Å². The van der Waals surface area contributed by atoms with Gasteiger partial charge >= 0.3 is 5.97 Å². The smallest absolute Gasteiger partial charge is 0.303 e. The number of carbonyl (C=O) groups is 1. The number of nitrogens with one attached hydrogen (secondary N) is 1. The molecule has 0 saturated carbocycles. The molecule has 0 aliphatic carbocycles. The van der Waals surface area contributed by atoms with Crippen LogP contribution in [0.3, 0.4) is 0 Å². The first kappa shape index (κ1) is 8.68. The third-order valence-electron chi connectivity index (χ3n) is 0.708. The molecule has 0 fully saturated rings. The van der Waals surface area contributed by atoms with Crippen molar-refractivity contribution in [2.75, 3.05) is 0 Å². The van der Waals surface area contributed by atoms with Crippen LogP contribution in [0, 0.1) is 0 Å². The standard InChI is InChI=1S/C3H4N2.C3H6O2/c1-2-4-5-3-1;1-2-3(4)5/h1-3H,(H,4,5);2H2,1H3,(H,4,5). The number of carboxylic acids is 1. The van der Waals surface area contributed by atoms with E-state index < -0.39 is 5.97 Å². The number of carboxylic acid groups (broad SMARTS) is 1. The summed E-state index contributed by atoms with van der Waals surface area (Å²) in [7, 11) is 0. The molecule has 1 heterocycles. The fourth-order valence-corrected chi connectivity index (χ4v) is 0.215. The van der Waals surface area contributed by atoms with Crippen LogP contribution in [0.15, 0.2) is 18.5 Å². The van der Waals surface area contributed by atoms with Gasteiger partial charge in [0.25, 0.3) is 0 Å². The summed E-state index contributed by atoms with van der Waals surface area (Å²) in [5.41, 5.74) is 0. The normalized spacial score (nSPS) is 7.70. The van der Waals surface area contributed by atoms with E-state index in [9.17, 15) is 4.79 Å². The second-order valence-electron chi connectivity index (χ2n) is 1.51. The topological polar surface area (TPSA) is 66.0 Å². The first-order valence-corrected chi connectivity index (χ1v) is 2.93. The van der Waals surface area contributed by atoms with Gasteiger partial charge in [0, 0.05) is 18.8 Å². The van der Waals surface area contributed by atoms with E-state index in [1.54, 1.807) is 19.3 Å². The molecule has 2 N–H and O–H groups in total. The number of aliphatic carboxylic acids is 1. The minimum Gasteiger partial charge on any atom is -0.481 e. The Morgan fingerprint density at radius 2 is 2.40 bits per heavy atom. The van der Waals surface area contributed by atoms with E-state index in [1.165, 1.54) is 0 Å². The number of rotatable bonds is 1. The van der Waals surface area contributed by atoms with Gasteiger partial charge in [0.15, 0.2) is 0 Å². The summed E-state index contributed by atoms with van der Waals surface area (Å²) in [4.78, 5) is 9.37. The molecule has 0 aromatic carbocycles. The minimum atomic E-state index is -0.745. The number of hydrogen-bond donors (Lipinski definition) is 2. The average Bonchev–Trinajstić information content (AvgIpc) is 2.43. The van der Waals surface area contributed by atoms with Crippen LogP contribution in [0.4, 0.5) is 0 Å². The van der Waals surface area contributed by atoms with Crippen molar-refractivity contribution in [2.24, 2.45) is 0 Å². The van der Waals surface area contributed by atoms with Crippen molar-refractivity contribution in [1.82, 2.24) is 10.2 Å². The Morgan fingerprint density at radius 1 is 1.80 bits per heavy atom. The van der Waals surface area contributed by atoms with E-state index in [-0.39, 0.29) is 6.42 Å². The highest BCUT2D eigenvalue weighted by atomic mass is 16.4. The first-order chi connectivity index (χ1) is 4.77. The average molecular weight is 142 g/mol. The molecule has 0 aliphatic rings. The maximum atomic E-state index is 9.37. The van der Waals surface area contributed by atoms with E-state index in [0.29, 0.717) is 0 Å². The summed E-state index contributed by atoms with van der Waals surface area (Å²) in [6.07, 6.45) is 3.68. The molecular formula is C6H10N2O2. The number of aromatic nitrogens is 2. The van der Waals surface area contributed by atoms with Crippen molar-refractivity contribution >= 4 is 5.97 Å². The van der Waals surface area contributed by atoms with Crippen LogP contribution in [0.25, 0.3) is 0 Å². The summed E-state index contributed by atoms with van der Waals surface area (Å²) in [5.74, 6) is -0.745. The highest BCUT2D eigenvalue weighted by molar-refractivity contribution is 5.66. The molecule has 1 aromatic rings. The lowest BCUT2D eigenvalue weighted by atomic mass is 10.5. The van der Waals surface area contributed by atoms with Crippen LogP contribution in [0.5, 0.6) is 0 Å². The Labute approximate surface area is 58.9 Å². The molecule has 0 amide bonds. The van der Waals surface area contributed by atoms with Crippen molar-refractivity contribution in [3.8, 4) is 0 Å². The molecule has 4 heteroatoms. The molecule has 0 saturated heterocycles. The van der Waals surface area contributed by atoms with Gasteiger partial charge in [0.05, 0.1) is 0 Å². The fraction of sp³-hybridized carbons (Fsp3) is 0.333. The number of H-pyrrole nitrogens is 1. The molecule has 10 heavy (non-hydrogen) atoms. The monoisotopic (exact) mass is 142 g/mol. The third-order valence-corrected chi connectivity index (χ3v) is 0.708. The Kier molecular flexibility index (Phi) is 5.04. The summed E-state index contributed by atoms with van der Waals surface area (Å²) in [6.45, 7) is 1.60. The predicted octanol–water partition coefficient (Wildman–Crippen LogP) is 0.891. The van der Waals surface area contributed by atoms with E-state index in [1.807, 2.05) is 6.07 Å². The van der Waals surface area contributed by atoms with Gasteiger partial charge in [-0.1, -0.05) is 6.92 Å². The van der Waals surface area contributed by atoms with Crippen molar-refractivity contribution in [3.63, 3.8) is 0 Å². The Hall–Kier alpha value is -1.32. The summed E-state index contributed by atoms with van der Waals surface area (Å²) in [6, 6.07) is 1.83. The van der Waals surface area contributed by atoms with Crippen molar-refractivity contribution < 1.29 is 9.90 Å². The summed E-state index contributed by atoms with van der Waals surface area (Å²) in [5, 5.41) is 13.9. The highest BCUT2D eigenvalue weighted by Crippen LogP contribution is 1.67. The second-order valence-corrected chi connectivity index (χ2v) is 1.51. The fourth-order valence-electron chi connectivity index (χ4n) is 0.215. The zero-order chi connectivity index (χ0) is 7.82.